The van der Waals surface area contributed by atoms with Gasteiger partial charge in [0.05, 0.1) is 29.1 Å². The van der Waals surface area contributed by atoms with Crippen LogP contribution in [0, 0.1) is 5.41 Å². The maximum atomic E-state index is 14.0. The Hall–Kier alpha value is -3.26. The molecule has 1 aromatic carbocycles. The second kappa shape index (κ2) is 9.07. The molecule has 0 spiro atoms. The minimum Gasteiger partial charge on any atom is -0.469 e. The van der Waals surface area contributed by atoms with Crippen molar-refractivity contribution >= 4 is 17.0 Å². The molecule has 184 valence electrons. The fraction of sp³-hybridized carbons (Fsp3) is 0.481. The Kier molecular flexibility index (Phi) is 6.09. The number of fused-ring (bicyclic) bond motifs is 3. The van der Waals surface area contributed by atoms with E-state index in [0.29, 0.717) is 17.6 Å². The van der Waals surface area contributed by atoms with Crippen LogP contribution in [0.2, 0.25) is 0 Å². The van der Waals surface area contributed by atoms with Crippen LogP contribution in [-0.2, 0) is 16.1 Å². The number of nitrogens with zero attached hydrogens (tertiary/aromatic N) is 3. The number of benzene rings is 1. The number of aromatic nitrogens is 3. The van der Waals surface area contributed by atoms with E-state index in [2.05, 4.69) is 10.3 Å². The lowest BCUT2D eigenvalue weighted by molar-refractivity contribution is -0.151. The van der Waals surface area contributed by atoms with Crippen LogP contribution in [0.5, 0.6) is 0 Å². The highest BCUT2D eigenvalue weighted by Gasteiger charge is 2.34. The Balaban J connectivity index is 1.64. The molecular weight excluding hydrogens is 444 g/mol. The molecule has 2 atom stereocenters. The van der Waals surface area contributed by atoms with Gasteiger partial charge in [0.1, 0.15) is 5.69 Å². The van der Waals surface area contributed by atoms with Gasteiger partial charge in [0, 0.05) is 30.9 Å². The van der Waals surface area contributed by atoms with Crippen molar-refractivity contribution in [3.05, 3.63) is 63.3 Å². The van der Waals surface area contributed by atoms with E-state index in [0.717, 1.165) is 31.2 Å². The molecule has 2 fully saturated rings. The predicted molar refractivity (Wildman–Crippen MR) is 134 cm³/mol. The first-order chi connectivity index (χ1) is 16.8. The Morgan fingerprint density at radius 2 is 1.80 bits per heavy atom. The van der Waals surface area contributed by atoms with E-state index in [1.54, 1.807) is 32.2 Å². The van der Waals surface area contributed by atoms with Gasteiger partial charge in [-0.05, 0) is 63.8 Å². The first-order valence-electron chi connectivity index (χ1n) is 12.3. The van der Waals surface area contributed by atoms with Crippen LogP contribution in [0.3, 0.4) is 0 Å². The van der Waals surface area contributed by atoms with Gasteiger partial charge in [-0.2, -0.15) is 0 Å². The number of hydrogen-bond donors (Lipinski definition) is 1. The number of ether oxygens (including phenoxy) is 1. The summed E-state index contributed by atoms with van der Waals surface area (Å²) in [7, 11) is 1.33. The van der Waals surface area contributed by atoms with Gasteiger partial charge in [0.25, 0.3) is 11.1 Å². The van der Waals surface area contributed by atoms with Gasteiger partial charge in [-0.3, -0.25) is 14.4 Å². The largest absolute Gasteiger partial charge is 0.469 e. The number of piperidine rings is 2. The van der Waals surface area contributed by atoms with Crippen molar-refractivity contribution in [1.29, 1.82) is 0 Å². The van der Waals surface area contributed by atoms with Gasteiger partial charge in [-0.25, -0.2) is 4.98 Å². The molecular formula is C27H32N4O4. The third kappa shape index (κ3) is 4.31. The van der Waals surface area contributed by atoms with Gasteiger partial charge in [0.15, 0.2) is 0 Å². The van der Waals surface area contributed by atoms with Crippen molar-refractivity contribution < 1.29 is 9.53 Å². The lowest BCUT2D eigenvalue weighted by Gasteiger charge is -2.41. The number of para-hydroxylation sites is 2. The maximum absolute atomic E-state index is 14.0. The van der Waals surface area contributed by atoms with E-state index in [4.69, 9.17) is 4.74 Å². The van der Waals surface area contributed by atoms with Gasteiger partial charge in [-0.1, -0.05) is 18.6 Å². The summed E-state index contributed by atoms with van der Waals surface area (Å²) >= 11 is 0. The minimum absolute atomic E-state index is 0.0508. The molecule has 0 radical (unpaired) electrons. The second-order valence-corrected chi connectivity index (χ2v) is 10.5. The first kappa shape index (κ1) is 23.5. The van der Waals surface area contributed by atoms with Gasteiger partial charge in [0.2, 0.25) is 0 Å². The van der Waals surface area contributed by atoms with Crippen LogP contribution in [0.15, 0.2) is 52.2 Å². The summed E-state index contributed by atoms with van der Waals surface area (Å²) in [5, 5.41) is 3.70. The number of rotatable bonds is 5. The Morgan fingerprint density at radius 1 is 1.09 bits per heavy atom. The number of carbonyl (C=O) groups excluding carboxylic acids is 1. The van der Waals surface area contributed by atoms with Crippen LogP contribution in [0.4, 0.5) is 0 Å². The molecule has 0 saturated carbocycles. The smallest absolute Gasteiger partial charge is 0.313 e. The zero-order valence-electron chi connectivity index (χ0n) is 20.5. The summed E-state index contributed by atoms with van der Waals surface area (Å²) in [6.07, 6.45) is 6.86. The van der Waals surface area contributed by atoms with Crippen molar-refractivity contribution in [1.82, 2.24) is 19.4 Å². The number of esters is 1. The Morgan fingerprint density at radius 3 is 2.51 bits per heavy atom. The highest BCUT2D eigenvalue weighted by molar-refractivity contribution is 5.78. The molecule has 2 saturated heterocycles. The first-order valence-corrected chi connectivity index (χ1v) is 12.3. The maximum Gasteiger partial charge on any atom is 0.313 e. The SMILES string of the molecule is COC(=O)C(C)(C)Cn1cccc(-c2nc3ccccc3n(C3CC4CCCC(C3)N4)c2=O)c1=O. The van der Waals surface area contributed by atoms with Gasteiger partial charge in [-0.15, -0.1) is 0 Å². The molecule has 35 heavy (non-hydrogen) atoms. The van der Waals surface area contributed by atoms with Crippen LogP contribution in [0.1, 0.15) is 52.0 Å². The summed E-state index contributed by atoms with van der Waals surface area (Å²) in [6.45, 7) is 3.59. The zero-order valence-corrected chi connectivity index (χ0v) is 20.5. The predicted octanol–water partition coefficient (Wildman–Crippen LogP) is 3.27. The second-order valence-electron chi connectivity index (χ2n) is 10.5. The van der Waals surface area contributed by atoms with E-state index < -0.39 is 11.4 Å². The van der Waals surface area contributed by atoms with Crippen molar-refractivity contribution in [2.24, 2.45) is 5.41 Å². The average Bonchev–Trinajstić information content (AvgIpc) is 2.84. The minimum atomic E-state index is -0.902. The van der Waals surface area contributed by atoms with Crippen molar-refractivity contribution in [2.45, 2.75) is 70.6 Å². The lowest BCUT2D eigenvalue weighted by Crippen LogP contribution is -2.50. The van der Waals surface area contributed by atoms with Crippen molar-refractivity contribution in [2.75, 3.05) is 7.11 Å². The fourth-order valence-corrected chi connectivity index (χ4v) is 5.75. The summed E-state index contributed by atoms with van der Waals surface area (Å²) in [6, 6.07) is 11.9. The molecule has 8 nitrogen and oxygen atoms in total. The summed E-state index contributed by atoms with van der Waals surface area (Å²) in [5.41, 5.74) is 0.397. The number of carbonyl (C=O) groups is 1. The molecule has 2 bridgehead atoms. The van der Waals surface area contributed by atoms with E-state index in [-0.39, 0.29) is 35.0 Å². The monoisotopic (exact) mass is 476 g/mol. The number of hydrogen-bond acceptors (Lipinski definition) is 6. The van der Waals surface area contributed by atoms with Gasteiger partial charge >= 0.3 is 5.97 Å². The number of methoxy groups -OCH3 is 1. The summed E-state index contributed by atoms with van der Waals surface area (Å²) in [4.78, 5) is 44.3. The normalized spacial score (nSPS) is 22.2. The molecule has 2 aromatic heterocycles. The molecule has 2 aliphatic heterocycles. The quantitative estimate of drug-likeness (QED) is 0.568. The number of nitrogens with one attached hydrogen (secondary N) is 1. The van der Waals surface area contributed by atoms with E-state index in [9.17, 15) is 14.4 Å². The summed E-state index contributed by atoms with van der Waals surface area (Å²) < 4.78 is 8.23. The molecule has 3 aromatic rings. The highest BCUT2D eigenvalue weighted by atomic mass is 16.5. The highest BCUT2D eigenvalue weighted by Crippen LogP contribution is 2.34. The van der Waals surface area contributed by atoms with E-state index in [1.165, 1.54) is 18.1 Å². The molecule has 1 N–H and O–H groups in total. The van der Waals surface area contributed by atoms with Crippen LogP contribution >= 0.6 is 0 Å². The molecule has 8 heteroatoms. The molecule has 2 unspecified atom stereocenters. The standard InChI is InChI=1S/C27H32N4O4/c1-27(2,26(34)35-3)16-30-13-7-10-20(24(30)32)23-25(33)31(22-12-5-4-11-21(22)29-23)19-14-17-8-6-9-18(15-19)28-17/h4-5,7,10-13,17-19,28H,6,8-9,14-16H2,1-3H3. The molecule has 0 amide bonds. The third-order valence-corrected chi connectivity index (χ3v) is 7.43. The molecule has 4 heterocycles. The molecule has 2 aliphatic rings. The molecule has 0 aliphatic carbocycles. The number of pyridine rings is 1. The zero-order chi connectivity index (χ0) is 24.7. The summed E-state index contributed by atoms with van der Waals surface area (Å²) in [5.74, 6) is -0.405. The Bertz CT molecular complexity index is 1380. The van der Waals surface area contributed by atoms with E-state index >= 15 is 0 Å². The van der Waals surface area contributed by atoms with Crippen molar-refractivity contribution in [3.63, 3.8) is 0 Å². The van der Waals surface area contributed by atoms with Crippen LogP contribution in [-0.4, -0.2) is 39.3 Å². The Labute approximate surface area is 203 Å². The third-order valence-electron chi connectivity index (χ3n) is 7.43. The van der Waals surface area contributed by atoms with Gasteiger partial charge < -0.3 is 19.2 Å². The van der Waals surface area contributed by atoms with Crippen LogP contribution in [0.25, 0.3) is 22.3 Å². The van der Waals surface area contributed by atoms with E-state index in [1.807, 2.05) is 28.8 Å². The molecule has 5 rings (SSSR count). The average molecular weight is 477 g/mol. The topological polar surface area (TPSA) is 95.2 Å². The van der Waals surface area contributed by atoms with Crippen LogP contribution < -0.4 is 16.4 Å². The van der Waals surface area contributed by atoms with Crippen molar-refractivity contribution in [3.8, 4) is 11.3 Å². The lowest BCUT2D eigenvalue weighted by atomic mass is 9.84. The fourth-order valence-electron chi connectivity index (χ4n) is 5.75.